The van der Waals surface area contributed by atoms with Gasteiger partial charge in [-0.2, -0.15) is 0 Å². The first-order chi connectivity index (χ1) is 38.9. The molecule has 0 unspecified atom stereocenters. The van der Waals surface area contributed by atoms with Gasteiger partial charge in [-0.05, 0) is 132 Å². The van der Waals surface area contributed by atoms with Gasteiger partial charge in [-0.15, -0.1) is 0 Å². The van der Waals surface area contributed by atoms with E-state index < -0.39 is 0 Å². The number of hydrogen-bond acceptors (Lipinski definition) is 14. The molecule has 13 rings (SSSR count). The average molecular weight is 1120 g/mol. The smallest absolute Gasteiger partial charge is 0.457 e. The van der Waals surface area contributed by atoms with Crippen LogP contribution in [0.4, 0.5) is 22.7 Å². The molecule has 81 heavy (non-hydrogen) atoms. The van der Waals surface area contributed by atoms with Crippen molar-refractivity contribution in [2.45, 2.75) is 0 Å². The minimum Gasteiger partial charge on any atom is -0.457 e. The SMILES string of the molecule is CN(C)c1ccc(Oc2cccc3c2-c2nc-3nc3[n-]c(nc4nc(nc5[n-]c(n2)c2cccc(Oc6ccc(N(C)C)cc6)c52)-c2cccc(Oc5ccc(N(C)C)cc5)c2-4)c2cccc(Oc4ccc(N(C)C)cc4)c32)cc1.[Zn+2]. The molecular formula is C64H52N12O4Zn. The summed E-state index contributed by atoms with van der Waals surface area (Å²) in [5.41, 5.74) is 8.03. The Balaban J connectivity index is 0.00000651. The van der Waals surface area contributed by atoms with Crippen LogP contribution in [0.2, 0.25) is 0 Å². The van der Waals surface area contributed by atoms with Gasteiger partial charge in [0, 0.05) is 124 Å². The van der Waals surface area contributed by atoms with Crippen LogP contribution in [0.1, 0.15) is 0 Å². The summed E-state index contributed by atoms with van der Waals surface area (Å²) in [4.78, 5) is 50.5. The standard InChI is InChI=1S/C64H52N12O4.Zn/c1-73(2)37-21-29-41(30-22-37)77-49-17-9-13-45-53(49)61-65-57(45)70-62-55-47(15-11-19-51(55)79-43-33-25-39(26-34-43)75(5)6)59(67-62)72-64-56-48(16-12-20-52(56)80-44-35-27-40(28-36-44)76(7)8)60(68-64)71-63-54-46(58(66-63)69-61)14-10-18-50(54)78-42-31-23-38(24-32-42)74(3)4;/h9-36H,1-8H3;/q-2;+2. The molecule has 8 bridgehead atoms. The average Bonchev–Trinajstić information content (AvgIpc) is 4.27. The van der Waals surface area contributed by atoms with Crippen LogP contribution in [0, 0.1) is 0 Å². The van der Waals surface area contributed by atoms with Gasteiger partial charge in [0.05, 0.1) is 34.4 Å². The number of anilines is 4. The molecule has 0 radical (unpaired) electrons. The van der Waals surface area contributed by atoms with E-state index in [-0.39, 0.29) is 19.5 Å². The Morgan fingerprint density at radius 1 is 0.296 bits per heavy atom. The van der Waals surface area contributed by atoms with Crippen molar-refractivity contribution < 1.29 is 38.4 Å². The minimum atomic E-state index is 0. The normalized spacial score (nSPS) is 11.4. The molecule has 0 saturated heterocycles. The molecule has 2 aliphatic heterocycles. The predicted molar refractivity (Wildman–Crippen MR) is 317 cm³/mol. The third kappa shape index (κ3) is 9.82. The van der Waals surface area contributed by atoms with Crippen molar-refractivity contribution in [1.29, 1.82) is 0 Å². The fourth-order valence-electron chi connectivity index (χ4n) is 9.82. The molecule has 3 aromatic heterocycles. The van der Waals surface area contributed by atoms with E-state index in [9.17, 15) is 0 Å². The molecule has 394 valence electrons. The maximum atomic E-state index is 6.74. The van der Waals surface area contributed by atoms with Crippen LogP contribution >= 0.6 is 0 Å². The van der Waals surface area contributed by atoms with Crippen molar-refractivity contribution in [1.82, 2.24) is 39.9 Å². The van der Waals surface area contributed by atoms with E-state index >= 15 is 0 Å². The fraction of sp³-hybridized carbons (Fsp3) is 0.125. The number of rotatable bonds is 12. The van der Waals surface area contributed by atoms with E-state index in [0.29, 0.717) is 136 Å². The number of hydrogen-bond donors (Lipinski definition) is 0. The molecule has 0 atom stereocenters. The summed E-state index contributed by atoms with van der Waals surface area (Å²) in [6.45, 7) is 0. The van der Waals surface area contributed by atoms with Crippen LogP contribution in [0.15, 0.2) is 170 Å². The summed E-state index contributed by atoms with van der Waals surface area (Å²) in [6.07, 6.45) is 0. The molecule has 0 amide bonds. The van der Waals surface area contributed by atoms with Gasteiger partial charge in [-0.3, -0.25) is 0 Å². The summed E-state index contributed by atoms with van der Waals surface area (Å²) in [6, 6.07) is 54.7. The summed E-state index contributed by atoms with van der Waals surface area (Å²) in [5, 5.41) is 2.57. The van der Waals surface area contributed by atoms with Crippen LogP contribution in [0.5, 0.6) is 46.0 Å². The van der Waals surface area contributed by atoms with Gasteiger partial charge in [0.2, 0.25) is 0 Å². The van der Waals surface area contributed by atoms with Crippen LogP contribution in [-0.4, -0.2) is 86.3 Å². The van der Waals surface area contributed by atoms with Gasteiger partial charge in [0.1, 0.15) is 46.0 Å². The molecule has 17 heteroatoms. The zero-order chi connectivity index (χ0) is 54.8. The topological polar surface area (TPSA) is 155 Å². The van der Waals surface area contributed by atoms with Gasteiger partial charge in [-0.25, -0.2) is 9.97 Å². The van der Waals surface area contributed by atoms with E-state index in [2.05, 4.69) is 0 Å². The van der Waals surface area contributed by atoms with E-state index in [1.165, 1.54) is 0 Å². The van der Waals surface area contributed by atoms with Gasteiger partial charge in [-0.1, -0.05) is 48.5 Å². The summed E-state index contributed by atoms with van der Waals surface area (Å²) >= 11 is 0. The van der Waals surface area contributed by atoms with Crippen molar-refractivity contribution in [2.75, 3.05) is 76.0 Å². The molecule has 0 N–H and O–H groups in total. The first-order valence-corrected chi connectivity index (χ1v) is 25.9. The van der Waals surface area contributed by atoms with Crippen molar-refractivity contribution in [3.8, 4) is 91.5 Å². The van der Waals surface area contributed by atoms with Crippen molar-refractivity contribution in [3.63, 3.8) is 0 Å². The van der Waals surface area contributed by atoms with Gasteiger partial charge < -0.3 is 68.5 Å². The zero-order valence-electron chi connectivity index (χ0n) is 45.9. The second-order valence-corrected chi connectivity index (χ2v) is 20.2. The Labute approximate surface area is 480 Å². The number of benzene rings is 8. The zero-order valence-corrected chi connectivity index (χ0v) is 48.8. The molecule has 0 spiro atoms. The Morgan fingerprint density at radius 2 is 0.580 bits per heavy atom. The summed E-state index contributed by atoms with van der Waals surface area (Å²) in [5.74, 6) is 5.92. The van der Waals surface area contributed by atoms with E-state index in [1.54, 1.807) is 0 Å². The fourth-order valence-corrected chi connectivity index (χ4v) is 9.82. The molecular weight excluding hydrogens is 1070 g/mol. The molecule has 0 aliphatic carbocycles. The molecule has 5 heterocycles. The molecule has 16 nitrogen and oxygen atoms in total. The van der Waals surface area contributed by atoms with E-state index in [1.807, 2.05) is 246 Å². The molecule has 0 saturated carbocycles. The molecule has 0 fully saturated rings. The predicted octanol–water partition coefficient (Wildman–Crippen LogP) is 13.6. The number of ether oxygens (including phenoxy) is 4. The first kappa shape index (κ1) is 51.9. The molecule has 2 aliphatic rings. The van der Waals surface area contributed by atoms with Gasteiger partial charge in [0.25, 0.3) is 0 Å². The van der Waals surface area contributed by atoms with Crippen molar-refractivity contribution in [3.05, 3.63) is 170 Å². The van der Waals surface area contributed by atoms with Crippen LogP contribution in [0.25, 0.3) is 89.7 Å². The number of fused-ring (bicyclic) bond motifs is 20. The quantitative estimate of drug-likeness (QED) is 0.106. The van der Waals surface area contributed by atoms with Crippen LogP contribution < -0.4 is 48.5 Å². The molecule has 8 aromatic carbocycles. The van der Waals surface area contributed by atoms with Crippen molar-refractivity contribution in [2.24, 2.45) is 0 Å². The Kier molecular flexibility index (Phi) is 13.5. The van der Waals surface area contributed by atoms with Crippen molar-refractivity contribution >= 4 is 66.9 Å². The third-order valence-electron chi connectivity index (χ3n) is 14.0. The summed E-state index contributed by atoms with van der Waals surface area (Å²) < 4.78 is 27.0. The largest absolute Gasteiger partial charge is 2.00 e. The van der Waals surface area contributed by atoms with E-state index in [0.717, 1.165) is 22.7 Å². The van der Waals surface area contributed by atoms with Crippen LogP contribution in [-0.2, 0) is 19.5 Å². The Bertz CT molecular complexity index is 4090. The second kappa shape index (κ2) is 21.1. The minimum absolute atomic E-state index is 0. The first-order valence-electron chi connectivity index (χ1n) is 25.9. The van der Waals surface area contributed by atoms with Gasteiger partial charge >= 0.3 is 19.5 Å². The third-order valence-corrected chi connectivity index (χ3v) is 14.0. The summed E-state index contributed by atoms with van der Waals surface area (Å²) in [7, 11) is 16.0. The molecule has 11 aromatic rings. The number of aromatic nitrogens is 8. The maximum Gasteiger partial charge on any atom is 2.00 e. The maximum absolute atomic E-state index is 6.74. The Hall–Kier alpha value is -9.86. The van der Waals surface area contributed by atoms with E-state index in [4.69, 9.17) is 58.8 Å². The number of nitrogens with zero attached hydrogens (tertiary/aromatic N) is 12. The van der Waals surface area contributed by atoms with Gasteiger partial charge in [0.15, 0.2) is 0 Å². The second-order valence-electron chi connectivity index (χ2n) is 20.2. The monoisotopic (exact) mass is 1120 g/mol. The Morgan fingerprint density at radius 3 is 0.901 bits per heavy atom. The van der Waals surface area contributed by atoms with Crippen LogP contribution in [0.3, 0.4) is 0 Å².